The smallest absolute Gasteiger partial charge is 0.270 e. The highest BCUT2D eigenvalue weighted by atomic mass is 16.5. The summed E-state index contributed by atoms with van der Waals surface area (Å²) in [7, 11) is 0. The van der Waals surface area contributed by atoms with Crippen molar-refractivity contribution in [2.75, 3.05) is 32.7 Å². The van der Waals surface area contributed by atoms with Crippen molar-refractivity contribution in [3.8, 4) is 5.75 Å². The molecule has 3 aromatic rings. The fraction of sp³-hybridized carbons (Fsp3) is 0.516. The summed E-state index contributed by atoms with van der Waals surface area (Å²) in [5, 5.41) is 13.5. The lowest BCUT2D eigenvalue weighted by molar-refractivity contribution is -0.143. The second-order valence-corrected chi connectivity index (χ2v) is 11.7. The fourth-order valence-electron chi connectivity index (χ4n) is 6.14. The Balaban J connectivity index is 0.941. The van der Waals surface area contributed by atoms with Crippen molar-refractivity contribution in [3.05, 3.63) is 71.0 Å². The van der Waals surface area contributed by atoms with E-state index in [4.69, 9.17) is 9.15 Å². The predicted molar refractivity (Wildman–Crippen MR) is 152 cm³/mol. The number of benzene rings is 1. The maximum Gasteiger partial charge on any atom is 0.270 e. The van der Waals surface area contributed by atoms with Crippen molar-refractivity contribution in [1.29, 1.82) is 0 Å². The first-order valence-electron chi connectivity index (χ1n) is 14.8. The Morgan fingerprint density at radius 3 is 2.83 bits per heavy atom. The second-order valence-electron chi connectivity index (χ2n) is 11.7. The fourth-order valence-corrected chi connectivity index (χ4v) is 6.14. The molecular weight excluding hydrogens is 536 g/mol. The van der Waals surface area contributed by atoms with Crippen molar-refractivity contribution < 1.29 is 23.8 Å². The van der Waals surface area contributed by atoms with Crippen LogP contribution in [-0.4, -0.2) is 80.5 Å². The highest BCUT2D eigenvalue weighted by molar-refractivity contribution is 5.92. The van der Waals surface area contributed by atoms with Crippen molar-refractivity contribution >= 4 is 11.8 Å². The maximum absolute atomic E-state index is 12.8. The third-order valence-electron chi connectivity index (χ3n) is 8.75. The molecule has 0 bridgehead atoms. The van der Waals surface area contributed by atoms with Crippen molar-refractivity contribution in [3.63, 3.8) is 0 Å². The molecule has 42 heavy (non-hydrogen) atoms. The number of carbonyl (C=O) groups is 2. The molecule has 11 heteroatoms. The first kappa shape index (κ1) is 28.3. The summed E-state index contributed by atoms with van der Waals surface area (Å²) in [6.45, 7) is 6.33. The zero-order chi connectivity index (χ0) is 29.1. The van der Waals surface area contributed by atoms with Crippen LogP contribution in [-0.2, 0) is 30.8 Å². The van der Waals surface area contributed by atoms with Crippen LogP contribution in [0.1, 0.15) is 57.9 Å². The Morgan fingerprint density at radius 2 is 2.07 bits per heavy atom. The molecule has 222 valence electrons. The first-order valence-corrected chi connectivity index (χ1v) is 14.8. The largest absolute Gasteiger partial charge is 0.485 e. The van der Waals surface area contributed by atoms with Gasteiger partial charge in [-0.3, -0.25) is 14.5 Å². The van der Waals surface area contributed by atoms with Gasteiger partial charge in [-0.1, -0.05) is 6.07 Å². The van der Waals surface area contributed by atoms with Crippen molar-refractivity contribution in [2.24, 2.45) is 11.8 Å². The van der Waals surface area contributed by atoms with Crippen molar-refractivity contribution in [1.82, 2.24) is 30.1 Å². The summed E-state index contributed by atoms with van der Waals surface area (Å²) in [5.74, 6) is 2.03. The Bertz CT molecular complexity index is 1400. The van der Waals surface area contributed by atoms with E-state index in [0.717, 1.165) is 75.3 Å². The number of aromatic nitrogens is 3. The zero-order valence-corrected chi connectivity index (χ0v) is 24.0. The first-order chi connectivity index (χ1) is 20.4. The molecule has 1 saturated heterocycles. The minimum atomic E-state index is -0.710. The standard InChI is InChI=1S/C31H38N6O5/c1-20-27-5-8-36(15-22(27)3-4-29(20)41-17-26-14-32-19-42-26)16-25(38)13-33-30(39)28-12-24(34-18-35-28)11-21-9-23(10-21)31(40)37-6-2-7-37/h3-4,12,14,18-19,21,23,25,38H,2,5-11,13,15-17H2,1H3,(H,33,39)/t21?,23?,25-/m0/s1. The Labute approximate surface area is 245 Å². The molecule has 2 amide bonds. The van der Waals surface area contributed by atoms with Crippen LogP contribution in [0.15, 0.2) is 41.5 Å². The molecule has 2 fully saturated rings. The van der Waals surface area contributed by atoms with Crippen molar-refractivity contribution in [2.45, 2.75) is 58.3 Å². The lowest BCUT2D eigenvalue weighted by atomic mass is 9.72. The van der Waals surface area contributed by atoms with E-state index in [1.165, 1.54) is 23.8 Å². The minimum absolute atomic E-state index is 0.137. The highest BCUT2D eigenvalue weighted by Crippen LogP contribution is 2.38. The quantitative estimate of drug-likeness (QED) is 0.354. The Kier molecular flexibility index (Phi) is 8.48. The lowest BCUT2D eigenvalue weighted by Crippen LogP contribution is -2.48. The maximum atomic E-state index is 12.8. The van der Waals surface area contributed by atoms with Gasteiger partial charge in [-0.2, -0.15) is 0 Å². The van der Waals surface area contributed by atoms with Crippen LogP contribution >= 0.6 is 0 Å². The molecule has 0 unspecified atom stereocenters. The molecule has 1 atom stereocenters. The van der Waals surface area contributed by atoms with E-state index in [1.54, 1.807) is 12.3 Å². The van der Waals surface area contributed by atoms with Gasteiger partial charge in [0.05, 0.1) is 12.3 Å². The number of β-amino-alcohol motifs (C(OH)–C–C–N with tert-alkyl or cyclic N) is 1. The predicted octanol–water partition coefficient (Wildman–Crippen LogP) is 2.30. The van der Waals surface area contributed by atoms with E-state index in [0.29, 0.717) is 36.4 Å². The number of fused-ring (bicyclic) bond motifs is 1. The summed E-state index contributed by atoms with van der Waals surface area (Å²) in [6.07, 6.45) is 8.22. The molecule has 1 aliphatic carbocycles. The Hall–Kier alpha value is -3.83. The average molecular weight is 575 g/mol. The molecule has 3 aliphatic rings. The van der Waals surface area contributed by atoms with Crippen LogP contribution in [0.25, 0.3) is 0 Å². The van der Waals surface area contributed by atoms with Crippen LogP contribution in [0, 0.1) is 18.8 Å². The zero-order valence-electron chi connectivity index (χ0n) is 24.0. The number of hydrogen-bond donors (Lipinski definition) is 2. The average Bonchev–Trinajstić information content (AvgIpc) is 3.46. The minimum Gasteiger partial charge on any atom is -0.485 e. The summed E-state index contributed by atoms with van der Waals surface area (Å²) in [4.78, 5) is 41.7. The molecule has 2 aromatic heterocycles. The summed E-state index contributed by atoms with van der Waals surface area (Å²) in [5.41, 5.74) is 4.73. The van der Waals surface area contributed by atoms with Gasteiger partial charge in [0, 0.05) is 50.9 Å². The normalized spacial score (nSPS) is 20.7. The van der Waals surface area contributed by atoms with E-state index in [1.807, 2.05) is 11.0 Å². The number of carbonyl (C=O) groups excluding carboxylic acids is 2. The summed E-state index contributed by atoms with van der Waals surface area (Å²) in [6, 6.07) is 5.79. The number of rotatable bonds is 11. The summed E-state index contributed by atoms with van der Waals surface area (Å²) >= 11 is 0. The Morgan fingerprint density at radius 1 is 1.21 bits per heavy atom. The van der Waals surface area contributed by atoms with Gasteiger partial charge in [0.25, 0.3) is 5.91 Å². The second kappa shape index (κ2) is 12.6. The van der Waals surface area contributed by atoms with E-state index in [9.17, 15) is 14.7 Å². The number of likely N-dealkylation sites (tertiary alicyclic amines) is 1. The number of ether oxygens (including phenoxy) is 1. The highest BCUT2D eigenvalue weighted by Gasteiger charge is 2.38. The van der Waals surface area contributed by atoms with Crippen LogP contribution in [0.5, 0.6) is 5.75 Å². The molecule has 1 saturated carbocycles. The van der Waals surface area contributed by atoms with Gasteiger partial charge >= 0.3 is 0 Å². The number of oxazole rings is 1. The van der Waals surface area contributed by atoms with Gasteiger partial charge in [0.15, 0.2) is 12.2 Å². The molecule has 11 nitrogen and oxygen atoms in total. The summed E-state index contributed by atoms with van der Waals surface area (Å²) < 4.78 is 11.2. The number of amides is 2. The van der Waals surface area contributed by atoms with Gasteiger partial charge in [0.2, 0.25) is 5.91 Å². The monoisotopic (exact) mass is 574 g/mol. The molecule has 0 spiro atoms. The van der Waals surface area contributed by atoms with Gasteiger partial charge in [-0.05, 0) is 73.8 Å². The number of nitrogens with zero attached hydrogens (tertiary/aromatic N) is 5. The third kappa shape index (κ3) is 6.47. The van der Waals surface area contributed by atoms with Gasteiger partial charge in [-0.15, -0.1) is 0 Å². The van der Waals surface area contributed by atoms with Crippen LogP contribution in [0.2, 0.25) is 0 Å². The van der Waals surface area contributed by atoms with Crippen LogP contribution in [0.4, 0.5) is 0 Å². The topological polar surface area (TPSA) is 134 Å². The van der Waals surface area contributed by atoms with Gasteiger partial charge in [0.1, 0.15) is 24.4 Å². The third-order valence-corrected chi connectivity index (χ3v) is 8.75. The molecule has 6 rings (SSSR count). The molecule has 4 heterocycles. The SMILES string of the molecule is Cc1c(OCc2cnco2)ccc2c1CCN(C[C@@H](O)CNC(=O)c1cc(CC3CC(C(=O)N4CCC4)C3)ncn1)C2. The van der Waals surface area contributed by atoms with E-state index in [2.05, 4.69) is 38.2 Å². The number of aliphatic hydroxyl groups is 1. The van der Waals surface area contributed by atoms with Gasteiger partial charge < -0.3 is 24.5 Å². The molecular formula is C31H38N6O5. The van der Waals surface area contributed by atoms with Crippen LogP contribution < -0.4 is 10.1 Å². The molecule has 0 radical (unpaired) electrons. The van der Waals surface area contributed by atoms with E-state index >= 15 is 0 Å². The molecule has 2 N–H and O–H groups in total. The lowest BCUT2D eigenvalue weighted by Gasteiger charge is -2.40. The number of aliphatic hydroxyl groups excluding tert-OH is 1. The van der Waals surface area contributed by atoms with E-state index in [-0.39, 0.29) is 18.4 Å². The molecule has 1 aromatic carbocycles. The number of nitrogens with one attached hydrogen (secondary N) is 1. The van der Waals surface area contributed by atoms with Crippen LogP contribution in [0.3, 0.4) is 0 Å². The van der Waals surface area contributed by atoms with Gasteiger partial charge in [-0.25, -0.2) is 15.0 Å². The van der Waals surface area contributed by atoms with E-state index < -0.39 is 6.10 Å². The number of hydrogen-bond acceptors (Lipinski definition) is 9. The molecule has 2 aliphatic heterocycles.